The van der Waals surface area contributed by atoms with Crippen molar-refractivity contribution in [3.63, 3.8) is 0 Å². The van der Waals surface area contributed by atoms with Crippen molar-refractivity contribution in [2.45, 2.75) is 20.4 Å². The van der Waals surface area contributed by atoms with Crippen molar-refractivity contribution in [1.82, 2.24) is 0 Å². The van der Waals surface area contributed by atoms with E-state index in [4.69, 9.17) is 9.47 Å². The summed E-state index contributed by atoms with van der Waals surface area (Å²) in [6, 6.07) is 21.4. The molecule has 3 aromatic rings. The lowest BCUT2D eigenvalue weighted by Crippen LogP contribution is -2.20. The number of carbonyl (C=O) groups excluding carboxylic acids is 1. The van der Waals surface area contributed by atoms with Crippen LogP contribution in [0.25, 0.3) is 0 Å². The topological polar surface area (TPSA) is 59.6 Å². The highest BCUT2D eigenvalue weighted by Gasteiger charge is 2.14. The van der Waals surface area contributed by atoms with Crippen molar-refractivity contribution < 1.29 is 14.3 Å². The van der Waals surface area contributed by atoms with Gasteiger partial charge < -0.3 is 20.1 Å². The molecular weight excluding hydrogens is 444 g/mol. The Balaban J connectivity index is 1.66. The van der Waals surface area contributed by atoms with E-state index >= 15 is 0 Å². The monoisotopic (exact) mass is 468 g/mol. The molecular formula is C24H25BrN2O3. The first kappa shape index (κ1) is 21.7. The van der Waals surface area contributed by atoms with Gasteiger partial charge in [0.25, 0.3) is 5.91 Å². The third kappa shape index (κ3) is 6.26. The van der Waals surface area contributed by atoms with E-state index in [-0.39, 0.29) is 12.5 Å². The summed E-state index contributed by atoms with van der Waals surface area (Å²) >= 11 is 3.56. The van der Waals surface area contributed by atoms with Crippen LogP contribution >= 0.6 is 15.9 Å². The van der Waals surface area contributed by atoms with Gasteiger partial charge in [0.15, 0.2) is 18.1 Å². The molecule has 0 aliphatic heterocycles. The van der Waals surface area contributed by atoms with Crippen LogP contribution in [-0.4, -0.2) is 19.1 Å². The Kier molecular flexibility index (Phi) is 7.74. The molecule has 1 amide bonds. The molecule has 6 heteroatoms. The van der Waals surface area contributed by atoms with Crippen molar-refractivity contribution >= 4 is 33.2 Å². The minimum absolute atomic E-state index is 0.117. The molecule has 30 heavy (non-hydrogen) atoms. The van der Waals surface area contributed by atoms with Crippen LogP contribution in [-0.2, 0) is 11.3 Å². The highest BCUT2D eigenvalue weighted by Crippen LogP contribution is 2.37. The van der Waals surface area contributed by atoms with Gasteiger partial charge in [-0.05, 0) is 71.7 Å². The maximum atomic E-state index is 12.2. The molecule has 156 valence electrons. The summed E-state index contributed by atoms with van der Waals surface area (Å²) < 4.78 is 12.3. The second-order valence-corrected chi connectivity index (χ2v) is 7.61. The second kappa shape index (κ2) is 10.7. The minimum Gasteiger partial charge on any atom is -0.490 e. The Labute approximate surface area is 185 Å². The smallest absolute Gasteiger partial charge is 0.262 e. The van der Waals surface area contributed by atoms with E-state index < -0.39 is 0 Å². The Morgan fingerprint density at radius 1 is 0.967 bits per heavy atom. The van der Waals surface area contributed by atoms with Gasteiger partial charge >= 0.3 is 0 Å². The average Bonchev–Trinajstić information content (AvgIpc) is 2.74. The van der Waals surface area contributed by atoms with Crippen molar-refractivity contribution in [2.75, 3.05) is 23.8 Å². The molecule has 0 aromatic heterocycles. The number of hydrogen-bond acceptors (Lipinski definition) is 4. The van der Waals surface area contributed by atoms with E-state index in [1.165, 1.54) is 5.56 Å². The van der Waals surface area contributed by atoms with Gasteiger partial charge in [-0.2, -0.15) is 0 Å². The summed E-state index contributed by atoms with van der Waals surface area (Å²) in [6.07, 6.45) is 0. The third-order valence-electron chi connectivity index (χ3n) is 4.32. The minimum atomic E-state index is -0.235. The van der Waals surface area contributed by atoms with Crippen molar-refractivity contribution in [2.24, 2.45) is 0 Å². The van der Waals surface area contributed by atoms with Gasteiger partial charge in [-0.3, -0.25) is 4.79 Å². The summed E-state index contributed by atoms with van der Waals surface area (Å²) in [7, 11) is 0. The van der Waals surface area contributed by atoms with Crippen molar-refractivity contribution in [3.05, 3.63) is 82.3 Å². The predicted octanol–water partition coefficient (Wildman–Crippen LogP) is 5.79. The van der Waals surface area contributed by atoms with E-state index in [0.29, 0.717) is 24.7 Å². The van der Waals surface area contributed by atoms with E-state index in [0.717, 1.165) is 21.4 Å². The largest absolute Gasteiger partial charge is 0.490 e. The molecule has 0 atom stereocenters. The number of amides is 1. The summed E-state index contributed by atoms with van der Waals surface area (Å²) in [4.78, 5) is 12.2. The van der Waals surface area contributed by atoms with Gasteiger partial charge in [-0.25, -0.2) is 0 Å². The summed E-state index contributed by atoms with van der Waals surface area (Å²) in [5.41, 5.74) is 4.03. The SMILES string of the molecule is CCOc1cc(CNc2ccc(C)cc2)cc(Br)c1OCC(=O)Nc1ccccc1. The normalized spacial score (nSPS) is 10.4. The molecule has 0 saturated carbocycles. The zero-order valence-corrected chi connectivity index (χ0v) is 18.7. The second-order valence-electron chi connectivity index (χ2n) is 6.76. The quantitative estimate of drug-likeness (QED) is 0.417. The zero-order valence-electron chi connectivity index (χ0n) is 17.1. The van der Waals surface area contributed by atoms with Crippen LogP contribution in [0, 0.1) is 6.92 Å². The van der Waals surface area contributed by atoms with Crippen LogP contribution in [0.5, 0.6) is 11.5 Å². The van der Waals surface area contributed by atoms with Gasteiger partial charge in [0.1, 0.15) is 0 Å². The van der Waals surface area contributed by atoms with E-state index in [1.54, 1.807) is 0 Å². The van der Waals surface area contributed by atoms with Gasteiger partial charge in [0.2, 0.25) is 0 Å². The number of aryl methyl sites for hydroxylation is 1. The Morgan fingerprint density at radius 3 is 2.40 bits per heavy atom. The molecule has 0 fully saturated rings. The fourth-order valence-electron chi connectivity index (χ4n) is 2.86. The zero-order chi connectivity index (χ0) is 21.3. The molecule has 0 bridgehead atoms. The summed E-state index contributed by atoms with van der Waals surface area (Å²) in [6.45, 7) is 4.99. The number of benzene rings is 3. The molecule has 0 aliphatic carbocycles. The third-order valence-corrected chi connectivity index (χ3v) is 4.91. The highest BCUT2D eigenvalue weighted by atomic mass is 79.9. The van der Waals surface area contributed by atoms with Gasteiger partial charge in [0.05, 0.1) is 11.1 Å². The van der Waals surface area contributed by atoms with E-state index in [1.807, 2.05) is 49.4 Å². The number of halogens is 1. The van der Waals surface area contributed by atoms with Crippen molar-refractivity contribution in [3.8, 4) is 11.5 Å². The van der Waals surface area contributed by atoms with Crippen molar-refractivity contribution in [1.29, 1.82) is 0 Å². The first-order chi connectivity index (χ1) is 14.5. The predicted molar refractivity (Wildman–Crippen MR) is 124 cm³/mol. The molecule has 2 N–H and O–H groups in total. The standard InChI is InChI=1S/C24H25BrN2O3/c1-3-29-22-14-18(15-26-19-11-9-17(2)10-12-19)13-21(25)24(22)30-16-23(28)27-20-7-5-4-6-8-20/h4-14,26H,3,15-16H2,1-2H3,(H,27,28). The van der Waals surface area contributed by atoms with Crippen LogP contribution < -0.4 is 20.1 Å². The number of rotatable bonds is 9. The number of para-hydroxylation sites is 1. The number of hydrogen-bond donors (Lipinski definition) is 2. The molecule has 0 unspecified atom stereocenters. The Hall–Kier alpha value is -2.99. The number of anilines is 2. The Bertz CT molecular complexity index is 976. The maximum absolute atomic E-state index is 12.2. The molecule has 0 saturated heterocycles. The molecule has 0 heterocycles. The maximum Gasteiger partial charge on any atom is 0.262 e. The molecule has 3 rings (SSSR count). The average molecular weight is 469 g/mol. The molecule has 0 aliphatic rings. The lowest BCUT2D eigenvalue weighted by Gasteiger charge is -2.16. The van der Waals surface area contributed by atoms with Gasteiger partial charge in [-0.15, -0.1) is 0 Å². The lowest BCUT2D eigenvalue weighted by atomic mass is 10.2. The van der Waals surface area contributed by atoms with Crippen LogP contribution in [0.15, 0.2) is 71.2 Å². The van der Waals surface area contributed by atoms with E-state index in [9.17, 15) is 4.79 Å². The van der Waals surface area contributed by atoms with Gasteiger partial charge in [0, 0.05) is 17.9 Å². The molecule has 0 radical (unpaired) electrons. The van der Waals surface area contributed by atoms with Crippen LogP contribution in [0.4, 0.5) is 11.4 Å². The first-order valence-electron chi connectivity index (χ1n) is 9.78. The fraction of sp³-hybridized carbons (Fsp3) is 0.208. The van der Waals surface area contributed by atoms with E-state index in [2.05, 4.69) is 57.8 Å². The number of carbonyl (C=O) groups is 1. The number of ether oxygens (including phenoxy) is 2. The van der Waals surface area contributed by atoms with Crippen LogP contribution in [0.2, 0.25) is 0 Å². The molecule has 5 nitrogen and oxygen atoms in total. The first-order valence-corrected chi connectivity index (χ1v) is 10.6. The number of nitrogens with one attached hydrogen (secondary N) is 2. The molecule has 0 spiro atoms. The molecule has 3 aromatic carbocycles. The summed E-state index contributed by atoms with van der Waals surface area (Å²) in [5.74, 6) is 0.875. The van der Waals surface area contributed by atoms with Gasteiger partial charge in [-0.1, -0.05) is 35.9 Å². The van der Waals surface area contributed by atoms with Crippen LogP contribution in [0.3, 0.4) is 0 Å². The summed E-state index contributed by atoms with van der Waals surface area (Å²) in [5, 5.41) is 6.21. The Morgan fingerprint density at radius 2 is 1.70 bits per heavy atom. The highest BCUT2D eigenvalue weighted by molar-refractivity contribution is 9.10. The van der Waals surface area contributed by atoms with Crippen LogP contribution in [0.1, 0.15) is 18.1 Å². The fourth-order valence-corrected chi connectivity index (χ4v) is 3.46. The lowest BCUT2D eigenvalue weighted by molar-refractivity contribution is -0.118.